The summed E-state index contributed by atoms with van der Waals surface area (Å²) >= 11 is 6.11. The molecule has 0 radical (unpaired) electrons. The normalized spacial score (nSPS) is 16.6. The smallest absolute Gasteiger partial charge is 0.350 e. The summed E-state index contributed by atoms with van der Waals surface area (Å²) in [6.07, 6.45) is 1.27. The van der Waals surface area contributed by atoms with Crippen LogP contribution in [0.15, 0.2) is 60.3 Å². The van der Waals surface area contributed by atoms with Crippen LogP contribution in [0.25, 0.3) is 0 Å². The van der Waals surface area contributed by atoms with Gasteiger partial charge in [-0.15, -0.1) is 0 Å². The van der Waals surface area contributed by atoms with Crippen LogP contribution in [-0.4, -0.2) is 17.7 Å². The van der Waals surface area contributed by atoms with Crippen LogP contribution in [0.3, 0.4) is 0 Å². The van der Waals surface area contributed by atoms with E-state index in [1.165, 1.54) is 20.0 Å². The molecule has 0 amide bonds. The summed E-state index contributed by atoms with van der Waals surface area (Å²) in [6.45, 7) is 5.03. The van der Waals surface area contributed by atoms with E-state index < -0.39 is 17.7 Å². The molecule has 1 unspecified atom stereocenters. The van der Waals surface area contributed by atoms with Gasteiger partial charge in [0.1, 0.15) is 0 Å². The Morgan fingerprint density at radius 2 is 1.64 bits per heavy atom. The first kappa shape index (κ1) is 19.8. The minimum Gasteiger partial charge on any atom is -0.419 e. The first-order valence-electron chi connectivity index (χ1n) is 8.79. The quantitative estimate of drug-likeness (QED) is 0.432. The summed E-state index contributed by atoms with van der Waals surface area (Å²) in [5.74, 6) is -2.77. The number of benzene rings is 2. The van der Waals surface area contributed by atoms with E-state index in [9.17, 15) is 9.59 Å². The number of ether oxygens (including phenoxy) is 2. The molecule has 0 spiro atoms. The lowest BCUT2D eigenvalue weighted by Gasteiger charge is -2.29. The highest BCUT2D eigenvalue weighted by atomic mass is 35.5. The molecule has 6 nitrogen and oxygen atoms in total. The Hall–Kier alpha value is -2.99. The second kappa shape index (κ2) is 7.94. The van der Waals surface area contributed by atoms with Gasteiger partial charge < -0.3 is 20.1 Å². The molecular weight excluding hydrogens is 380 g/mol. The highest BCUT2D eigenvalue weighted by Gasteiger charge is 2.39. The molecule has 0 bridgehead atoms. The maximum absolute atomic E-state index is 12.1. The van der Waals surface area contributed by atoms with E-state index in [1.807, 2.05) is 43.3 Å². The van der Waals surface area contributed by atoms with Crippen LogP contribution in [0.2, 0.25) is 5.02 Å². The number of esters is 2. The van der Waals surface area contributed by atoms with Gasteiger partial charge >= 0.3 is 11.9 Å². The van der Waals surface area contributed by atoms with Gasteiger partial charge in [-0.05, 0) is 30.7 Å². The summed E-state index contributed by atoms with van der Waals surface area (Å²) in [5.41, 5.74) is 2.26. The number of hydrogen-bond donors (Lipinski definition) is 2. The molecule has 2 aromatic carbocycles. The van der Waals surface area contributed by atoms with E-state index in [2.05, 4.69) is 10.6 Å². The molecule has 7 heteroatoms. The SMILES string of the molecule is CC(Nc1ccc(Cl)cc1NC=C1C(=O)OC(C)(C)OC1=O)c1ccccc1. The molecule has 1 atom stereocenters. The van der Waals surface area contributed by atoms with Crippen molar-refractivity contribution < 1.29 is 19.1 Å². The lowest BCUT2D eigenvalue weighted by molar-refractivity contribution is -0.222. The summed E-state index contributed by atoms with van der Waals surface area (Å²) in [4.78, 5) is 24.2. The second-order valence-corrected chi connectivity index (χ2v) is 7.28. The van der Waals surface area contributed by atoms with E-state index in [-0.39, 0.29) is 11.6 Å². The standard InChI is InChI=1S/C21H21ClN2O4/c1-13(14-7-5-4-6-8-14)24-17-10-9-15(22)11-18(17)23-12-16-19(25)27-21(2,3)28-20(16)26/h4-13,23-24H,1-3H3. The van der Waals surface area contributed by atoms with E-state index in [4.69, 9.17) is 21.1 Å². The molecule has 1 aliphatic heterocycles. The van der Waals surface area contributed by atoms with E-state index >= 15 is 0 Å². The molecule has 1 aliphatic rings. The number of hydrogen-bond acceptors (Lipinski definition) is 6. The third kappa shape index (κ3) is 4.64. The fourth-order valence-electron chi connectivity index (χ4n) is 2.75. The Morgan fingerprint density at radius 1 is 1.00 bits per heavy atom. The molecular formula is C21H21ClN2O4. The molecule has 2 N–H and O–H groups in total. The van der Waals surface area contributed by atoms with Gasteiger partial charge in [0.25, 0.3) is 5.79 Å². The van der Waals surface area contributed by atoms with Crippen LogP contribution in [-0.2, 0) is 19.1 Å². The summed E-state index contributed by atoms with van der Waals surface area (Å²) in [5, 5.41) is 6.86. The van der Waals surface area contributed by atoms with Crippen LogP contribution in [0.5, 0.6) is 0 Å². The Morgan fingerprint density at radius 3 is 2.29 bits per heavy atom. The van der Waals surface area contributed by atoms with Gasteiger partial charge in [0.15, 0.2) is 5.57 Å². The molecule has 1 heterocycles. The summed E-state index contributed by atoms with van der Waals surface area (Å²) < 4.78 is 10.2. The maximum Gasteiger partial charge on any atom is 0.350 e. The Kier molecular flexibility index (Phi) is 5.61. The van der Waals surface area contributed by atoms with E-state index in [0.717, 1.165) is 11.3 Å². The van der Waals surface area contributed by atoms with Crippen LogP contribution >= 0.6 is 11.6 Å². The summed E-state index contributed by atoms with van der Waals surface area (Å²) in [6, 6.07) is 15.3. The molecule has 2 aromatic rings. The number of nitrogens with one attached hydrogen (secondary N) is 2. The highest BCUT2D eigenvalue weighted by Crippen LogP contribution is 2.30. The van der Waals surface area contributed by atoms with Crippen LogP contribution < -0.4 is 10.6 Å². The topological polar surface area (TPSA) is 76.7 Å². The van der Waals surface area contributed by atoms with Crippen molar-refractivity contribution >= 4 is 34.9 Å². The lowest BCUT2D eigenvalue weighted by Crippen LogP contribution is -2.42. The Labute approximate surface area is 168 Å². The molecule has 3 rings (SSSR count). The van der Waals surface area contributed by atoms with Crippen LogP contribution in [0.4, 0.5) is 11.4 Å². The van der Waals surface area contributed by atoms with Gasteiger partial charge in [-0.25, -0.2) is 9.59 Å². The number of carbonyl (C=O) groups excluding carboxylic acids is 2. The highest BCUT2D eigenvalue weighted by molar-refractivity contribution is 6.31. The predicted octanol–water partition coefficient (Wildman–Crippen LogP) is 4.65. The van der Waals surface area contributed by atoms with Crippen molar-refractivity contribution in [3.8, 4) is 0 Å². The number of anilines is 2. The van der Waals surface area contributed by atoms with Gasteiger partial charge in [0.05, 0.1) is 11.4 Å². The Bertz CT molecular complexity index is 903. The fraction of sp³-hybridized carbons (Fsp3) is 0.238. The zero-order valence-electron chi connectivity index (χ0n) is 15.8. The van der Waals surface area contributed by atoms with E-state index in [1.54, 1.807) is 12.1 Å². The second-order valence-electron chi connectivity index (χ2n) is 6.85. The minimum atomic E-state index is -1.28. The zero-order chi connectivity index (χ0) is 20.3. The number of rotatable bonds is 5. The number of carbonyl (C=O) groups is 2. The first-order chi connectivity index (χ1) is 13.2. The number of halogens is 1. The molecule has 1 saturated heterocycles. The molecule has 1 fully saturated rings. The number of cyclic esters (lactones) is 2. The molecule has 0 aromatic heterocycles. The Balaban J connectivity index is 1.81. The van der Waals surface area contributed by atoms with Gasteiger partial charge in [0, 0.05) is 31.1 Å². The lowest BCUT2D eigenvalue weighted by atomic mass is 10.1. The predicted molar refractivity (Wildman–Crippen MR) is 108 cm³/mol. The van der Waals surface area contributed by atoms with Crippen molar-refractivity contribution in [1.29, 1.82) is 0 Å². The van der Waals surface area contributed by atoms with Crippen molar-refractivity contribution in [2.75, 3.05) is 10.6 Å². The van der Waals surface area contributed by atoms with Crippen molar-refractivity contribution in [1.82, 2.24) is 0 Å². The average Bonchev–Trinajstić information content (AvgIpc) is 2.62. The van der Waals surface area contributed by atoms with Crippen molar-refractivity contribution in [2.45, 2.75) is 32.6 Å². The zero-order valence-corrected chi connectivity index (χ0v) is 16.5. The van der Waals surface area contributed by atoms with Gasteiger partial charge in [-0.3, -0.25) is 0 Å². The first-order valence-corrected chi connectivity index (χ1v) is 9.17. The van der Waals surface area contributed by atoms with Gasteiger partial charge in [-0.2, -0.15) is 0 Å². The van der Waals surface area contributed by atoms with Crippen molar-refractivity contribution in [3.05, 3.63) is 70.9 Å². The fourth-order valence-corrected chi connectivity index (χ4v) is 2.92. The van der Waals surface area contributed by atoms with Crippen molar-refractivity contribution in [2.24, 2.45) is 0 Å². The molecule has 0 saturated carbocycles. The molecule has 0 aliphatic carbocycles. The van der Waals surface area contributed by atoms with E-state index in [0.29, 0.717) is 10.7 Å². The molecule has 146 valence electrons. The van der Waals surface area contributed by atoms with Crippen LogP contribution in [0.1, 0.15) is 32.4 Å². The average molecular weight is 401 g/mol. The van der Waals surface area contributed by atoms with Crippen LogP contribution in [0, 0.1) is 0 Å². The molecule has 28 heavy (non-hydrogen) atoms. The monoisotopic (exact) mass is 400 g/mol. The maximum atomic E-state index is 12.1. The third-order valence-electron chi connectivity index (χ3n) is 4.14. The third-order valence-corrected chi connectivity index (χ3v) is 4.38. The summed E-state index contributed by atoms with van der Waals surface area (Å²) in [7, 11) is 0. The van der Waals surface area contributed by atoms with Crippen molar-refractivity contribution in [3.63, 3.8) is 0 Å². The largest absolute Gasteiger partial charge is 0.419 e. The minimum absolute atomic E-state index is 0.0287. The van der Waals surface area contributed by atoms with Gasteiger partial charge in [-0.1, -0.05) is 41.9 Å². The van der Waals surface area contributed by atoms with Gasteiger partial charge in [0.2, 0.25) is 0 Å².